The molecule has 0 radical (unpaired) electrons. The summed E-state index contributed by atoms with van der Waals surface area (Å²) in [6.45, 7) is 5.15. The molecule has 1 aromatic carbocycles. The molecule has 0 unspecified atom stereocenters. The Morgan fingerprint density at radius 2 is 1.95 bits per heavy atom. The van der Waals surface area contributed by atoms with E-state index in [4.69, 9.17) is 0 Å². The zero-order chi connectivity index (χ0) is 15.9. The summed E-state index contributed by atoms with van der Waals surface area (Å²) in [5, 5.41) is 2.72. The Kier molecular flexibility index (Phi) is 5.19. The number of hydrogen-bond donors (Lipinski definition) is 1. The second kappa shape index (κ2) is 7.31. The molecule has 0 aliphatic heterocycles. The standard InChI is InChI=1S/C16H18N4O2/c1-3-20(4-2)16(22)12-6-5-7-13(10-12)19-15(21)14-11-17-8-9-18-14/h5-11H,3-4H2,1-2H3,(H,19,21). The summed E-state index contributed by atoms with van der Waals surface area (Å²) in [7, 11) is 0. The summed E-state index contributed by atoms with van der Waals surface area (Å²) in [5.74, 6) is -0.416. The summed E-state index contributed by atoms with van der Waals surface area (Å²) in [6.07, 6.45) is 4.34. The lowest BCUT2D eigenvalue weighted by Crippen LogP contribution is -2.30. The number of amides is 2. The quantitative estimate of drug-likeness (QED) is 0.918. The molecule has 22 heavy (non-hydrogen) atoms. The van der Waals surface area contributed by atoms with Crippen LogP contribution in [0.1, 0.15) is 34.7 Å². The molecule has 0 spiro atoms. The van der Waals surface area contributed by atoms with E-state index in [0.29, 0.717) is 24.3 Å². The lowest BCUT2D eigenvalue weighted by atomic mass is 10.1. The van der Waals surface area contributed by atoms with Crippen LogP contribution in [0.4, 0.5) is 5.69 Å². The topological polar surface area (TPSA) is 75.2 Å². The number of carbonyl (C=O) groups is 2. The van der Waals surface area contributed by atoms with Crippen LogP contribution < -0.4 is 5.32 Å². The molecule has 2 aromatic rings. The highest BCUT2D eigenvalue weighted by atomic mass is 16.2. The summed E-state index contributed by atoms with van der Waals surface area (Å²) < 4.78 is 0. The molecule has 1 heterocycles. The van der Waals surface area contributed by atoms with Crippen LogP contribution in [0.25, 0.3) is 0 Å². The van der Waals surface area contributed by atoms with Gasteiger partial charge in [-0.2, -0.15) is 0 Å². The van der Waals surface area contributed by atoms with Crippen LogP contribution in [0.2, 0.25) is 0 Å². The normalized spacial score (nSPS) is 10.1. The number of hydrogen-bond acceptors (Lipinski definition) is 4. The van der Waals surface area contributed by atoms with Crippen LogP contribution in [-0.4, -0.2) is 39.8 Å². The van der Waals surface area contributed by atoms with Crippen LogP contribution >= 0.6 is 0 Å². The SMILES string of the molecule is CCN(CC)C(=O)c1cccc(NC(=O)c2cnccn2)c1. The first-order valence-corrected chi connectivity index (χ1v) is 7.12. The molecule has 1 N–H and O–H groups in total. The molecule has 0 saturated heterocycles. The molecular weight excluding hydrogens is 280 g/mol. The average Bonchev–Trinajstić information content (AvgIpc) is 2.57. The van der Waals surface area contributed by atoms with E-state index in [1.807, 2.05) is 13.8 Å². The predicted molar refractivity (Wildman–Crippen MR) is 83.7 cm³/mol. The average molecular weight is 298 g/mol. The Morgan fingerprint density at radius 3 is 2.59 bits per heavy atom. The Morgan fingerprint density at radius 1 is 1.18 bits per heavy atom. The summed E-state index contributed by atoms with van der Waals surface area (Å²) in [6, 6.07) is 6.86. The van der Waals surface area contributed by atoms with Crippen molar-refractivity contribution in [3.63, 3.8) is 0 Å². The first-order chi connectivity index (χ1) is 10.7. The van der Waals surface area contributed by atoms with Crippen molar-refractivity contribution in [2.75, 3.05) is 18.4 Å². The van der Waals surface area contributed by atoms with E-state index in [9.17, 15) is 9.59 Å². The third-order valence-electron chi connectivity index (χ3n) is 3.21. The van der Waals surface area contributed by atoms with Crippen LogP contribution in [0, 0.1) is 0 Å². The van der Waals surface area contributed by atoms with Gasteiger partial charge in [-0.25, -0.2) is 4.98 Å². The van der Waals surface area contributed by atoms with Gasteiger partial charge in [0.05, 0.1) is 6.20 Å². The molecule has 2 rings (SSSR count). The molecule has 114 valence electrons. The van der Waals surface area contributed by atoms with E-state index in [1.165, 1.54) is 18.6 Å². The third kappa shape index (κ3) is 3.66. The summed E-state index contributed by atoms with van der Waals surface area (Å²) in [4.78, 5) is 33.9. The van der Waals surface area contributed by atoms with Gasteiger partial charge in [0.25, 0.3) is 11.8 Å². The van der Waals surface area contributed by atoms with Crippen LogP contribution in [-0.2, 0) is 0 Å². The van der Waals surface area contributed by atoms with Crippen molar-refractivity contribution in [3.8, 4) is 0 Å². The van der Waals surface area contributed by atoms with Gasteiger partial charge in [0, 0.05) is 36.7 Å². The molecule has 0 saturated carbocycles. The minimum Gasteiger partial charge on any atom is -0.339 e. The second-order valence-electron chi connectivity index (χ2n) is 4.60. The predicted octanol–water partition coefficient (Wildman–Crippen LogP) is 2.21. The molecule has 6 heteroatoms. The Hall–Kier alpha value is -2.76. The maximum absolute atomic E-state index is 12.3. The summed E-state index contributed by atoms with van der Waals surface area (Å²) >= 11 is 0. The van der Waals surface area contributed by atoms with Crippen molar-refractivity contribution in [1.29, 1.82) is 0 Å². The van der Waals surface area contributed by atoms with Crippen molar-refractivity contribution >= 4 is 17.5 Å². The van der Waals surface area contributed by atoms with Gasteiger partial charge < -0.3 is 10.2 Å². The van der Waals surface area contributed by atoms with E-state index < -0.39 is 0 Å². The van der Waals surface area contributed by atoms with Crippen molar-refractivity contribution in [1.82, 2.24) is 14.9 Å². The smallest absolute Gasteiger partial charge is 0.275 e. The number of rotatable bonds is 5. The number of anilines is 1. The molecule has 2 amide bonds. The number of carbonyl (C=O) groups excluding carboxylic acids is 2. The molecule has 0 atom stereocenters. The maximum atomic E-state index is 12.3. The Labute approximate surface area is 129 Å². The number of benzene rings is 1. The molecular formula is C16H18N4O2. The van der Waals surface area contributed by atoms with Gasteiger partial charge in [0.2, 0.25) is 0 Å². The van der Waals surface area contributed by atoms with E-state index in [2.05, 4.69) is 15.3 Å². The fraction of sp³-hybridized carbons (Fsp3) is 0.250. The Balaban J connectivity index is 2.15. The molecule has 6 nitrogen and oxygen atoms in total. The minimum atomic E-state index is -0.361. The zero-order valence-corrected chi connectivity index (χ0v) is 12.6. The second-order valence-corrected chi connectivity index (χ2v) is 4.60. The van der Waals surface area contributed by atoms with Crippen LogP contribution in [0.5, 0.6) is 0 Å². The fourth-order valence-corrected chi connectivity index (χ4v) is 2.03. The highest BCUT2D eigenvalue weighted by Crippen LogP contribution is 2.13. The zero-order valence-electron chi connectivity index (χ0n) is 12.6. The van der Waals surface area contributed by atoms with E-state index in [-0.39, 0.29) is 17.5 Å². The van der Waals surface area contributed by atoms with Crippen molar-refractivity contribution in [2.24, 2.45) is 0 Å². The van der Waals surface area contributed by atoms with Gasteiger partial charge in [0.1, 0.15) is 5.69 Å². The van der Waals surface area contributed by atoms with E-state index >= 15 is 0 Å². The van der Waals surface area contributed by atoms with Gasteiger partial charge in [0.15, 0.2) is 0 Å². The molecule has 0 bridgehead atoms. The molecule has 1 aromatic heterocycles. The largest absolute Gasteiger partial charge is 0.339 e. The highest BCUT2D eigenvalue weighted by molar-refractivity contribution is 6.03. The lowest BCUT2D eigenvalue weighted by molar-refractivity contribution is 0.0772. The fourth-order valence-electron chi connectivity index (χ4n) is 2.03. The number of nitrogens with one attached hydrogen (secondary N) is 1. The molecule has 0 aliphatic carbocycles. The monoisotopic (exact) mass is 298 g/mol. The van der Waals surface area contributed by atoms with Crippen molar-refractivity contribution < 1.29 is 9.59 Å². The maximum Gasteiger partial charge on any atom is 0.275 e. The first-order valence-electron chi connectivity index (χ1n) is 7.12. The molecule has 0 fully saturated rings. The Bertz CT molecular complexity index is 654. The lowest BCUT2D eigenvalue weighted by Gasteiger charge is -2.19. The van der Waals surface area contributed by atoms with Gasteiger partial charge in [-0.05, 0) is 32.0 Å². The third-order valence-corrected chi connectivity index (χ3v) is 3.21. The summed E-state index contributed by atoms with van der Waals surface area (Å²) in [5.41, 5.74) is 1.32. The highest BCUT2D eigenvalue weighted by Gasteiger charge is 2.13. The van der Waals surface area contributed by atoms with Gasteiger partial charge in [-0.15, -0.1) is 0 Å². The molecule has 0 aliphatic rings. The van der Waals surface area contributed by atoms with Crippen molar-refractivity contribution in [3.05, 3.63) is 54.1 Å². The number of aromatic nitrogens is 2. The van der Waals surface area contributed by atoms with Crippen LogP contribution in [0.3, 0.4) is 0 Å². The van der Waals surface area contributed by atoms with Gasteiger partial charge >= 0.3 is 0 Å². The van der Waals surface area contributed by atoms with Gasteiger partial charge in [-0.1, -0.05) is 6.07 Å². The van der Waals surface area contributed by atoms with Gasteiger partial charge in [-0.3, -0.25) is 14.6 Å². The van der Waals surface area contributed by atoms with Crippen molar-refractivity contribution in [2.45, 2.75) is 13.8 Å². The van der Waals surface area contributed by atoms with E-state index in [1.54, 1.807) is 29.2 Å². The van der Waals surface area contributed by atoms with Crippen LogP contribution in [0.15, 0.2) is 42.9 Å². The number of nitrogens with zero attached hydrogens (tertiary/aromatic N) is 3. The minimum absolute atomic E-state index is 0.0550. The first kappa shape index (κ1) is 15.6. The van der Waals surface area contributed by atoms with E-state index in [0.717, 1.165) is 0 Å².